The van der Waals surface area contributed by atoms with E-state index in [9.17, 15) is 9.18 Å². The van der Waals surface area contributed by atoms with E-state index in [0.717, 1.165) is 36.2 Å². The largest absolute Gasteiger partial charge is 0.340 e. The van der Waals surface area contributed by atoms with Gasteiger partial charge in [0.25, 0.3) is 0 Å². The molecule has 0 saturated carbocycles. The van der Waals surface area contributed by atoms with Crippen molar-refractivity contribution in [1.82, 2.24) is 0 Å². The van der Waals surface area contributed by atoms with Gasteiger partial charge in [-0.3, -0.25) is 4.79 Å². The average Bonchev–Trinajstić information content (AvgIpc) is 2.93. The van der Waals surface area contributed by atoms with Crippen molar-refractivity contribution in [3.8, 4) is 0 Å². The van der Waals surface area contributed by atoms with Gasteiger partial charge in [-0.05, 0) is 30.2 Å². The summed E-state index contributed by atoms with van der Waals surface area (Å²) in [6.07, 6.45) is 1.76. The Morgan fingerprint density at radius 1 is 1.35 bits per heavy atom. The third-order valence-corrected chi connectivity index (χ3v) is 3.82. The fraction of sp³-hybridized carbons (Fsp3) is 0.154. The Morgan fingerprint density at radius 2 is 2.24 bits per heavy atom. The molecular weight excluding hydrogens is 237 g/mol. The summed E-state index contributed by atoms with van der Waals surface area (Å²) in [6, 6.07) is 6.72. The van der Waals surface area contributed by atoms with Crippen LogP contribution in [0.4, 0.5) is 15.8 Å². The Bertz CT molecular complexity index is 579. The molecule has 4 heteroatoms. The van der Waals surface area contributed by atoms with Crippen molar-refractivity contribution in [2.45, 2.75) is 6.42 Å². The van der Waals surface area contributed by atoms with Gasteiger partial charge in [-0.2, -0.15) is 0 Å². The molecule has 0 spiro atoms. The van der Waals surface area contributed by atoms with E-state index in [-0.39, 0.29) is 5.82 Å². The molecule has 3 rings (SSSR count). The average molecular weight is 247 g/mol. The second kappa shape index (κ2) is 3.96. The summed E-state index contributed by atoms with van der Waals surface area (Å²) < 4.78 is 13.2. The van der Waals surface area contributed by atoms with Crippen molar-refractivity contribution in [2.75, 3.05) is 11.4 Å². The molecule has 0 N–H and O–H groups in total. The zero-order chi connectivity index (χ0) is 11.8. The minimum Gasteiger partial charge on any atom is -0.340 e. The number of anilines is 2. The zero-order valence-corrected chi connectivity index (χ0v) is 9.84. The molecule has 0 bridgehead atoms. The quantitative estimate of drug-likeness (QED) is 0.758. The third-order valence-electron chi connectivity index (χ3n) is 2.98. The molecule has 0 aliphatic carbocycles. The summed E-state index contributed by atoms with van der Waals surface area (Å²) >= 11 is 1.41. The Balaban J connectivity index is 2.02. The number of hydrogen-bond donors (Lipinski definition) is 0. The number of hydrogen-bond acceptors (Lipinski definition) is 3. The summed E-state index contributed by atoms with van der Waals surface area (Å²) in [5, 5.41) is 1.93. The summed E-state index contributed by atoms with van der Waals surface area (Å²) in [5.41, 5.74) is 3.05. The lowest BCUT2D eigenvalue weighted by atomic mass is 10.2. The first-order chi connectivity index (χ1) is 8.28. The molecule has 0 atom stereocenters. The first-order valence-corrected chi connectivity index (χ1v) is 6.25. The van der Waals surface area contributed by atoms with Crippen molar-refractivity contribution >= 4 is 29.0 Å². The van der Waals surface area contributed by atoms with Crippen LogP contribution in [0.3, 0.4) is 0 Å². The van der Waals surface area contributed by atoms with Crippen LogP contribution in [-0.4, -0.2) is 12.8 Å². The lowest BCUT2D eigenvalue weighted by Crippen LogP contribution is -2.12. The predicted molar refractivity (Wildman–Crippen MR) is 66.8 cm³/mol. The monoisotopic (exact) mass is 247 g/mol. The lowest BCUT2D eigenvalue weighted by molar-refractivity contribution is 0.112. The normalized spacial score (nSPS) is 13.8. The number of carbonyl (C=O) groups excluding carboxylic acids is 1. The van der Waals surface area contributed by atoms with Crippen LogP contribution >= 0.6 is 11.3 Å². The van der Waals surface area contributed by atoms with E-state index < -0.39 is 0 Å². The standard InChI is InChI=1S/C13H10FNOS/c14-10-2-1-9-3-4-15(13(9)5-10)11-6-12(7-16)17-8-11/h1-2,5-8H,3-4H2. The minimum absolute atomic E-state index is 0.221. The van der Waals surface area contributed by atoms with Crippen LogP contribution < -0.4 is 4.90 Å². The van der Waals surface area contributed by atoms with Gasteiger partial charge in [-0.15, -0.1) is 11.3 Å². The molecule has 1 aromatic heterocycles. The van der Waals surface area contributed by atoms with Gasteiger partial charge in [-0.25, -0.2) is 4.39 Å². The number of fused-ring (bicyclic) bond motifs is 1. The van der Waals surface area contributed by atoms with Gasteiger partial charge in [0.15, 0.2) is 6.29 Å². The Hall–Kier alpha value is -1.68. The summed E-state index contributed by atoms with van der Waals surface area (Å²) in [6.45, 7) is 0.841. The van der Waals surface area contributed by atoms with E-state index in [4.69, 9.17) is 0 Å². The molecular formula is C13H10FNOS. The molecule has 2 aromatic rings. The van der Waals surface area contributed by atoms with E-state index in [1.807, 2.05) is 17.5 Å². The predicted octanol–water partition coefficient (Wildman–Crippen LogP) is 3.39. The maximum atomic E-state index is 13.2. The van der Waals surface area contributed by atoms with Crippen LogP contribution in [0.25, 0.3) is 0 Å². The Morgan fingerprint density at radius 3 is 3.00 bits per heavy atom. The lowest BCUT2D eigenvalue weighted by Gasteiger charge is -2.17. The molecule has 1 aliphatic heterocycles. The molecule has 2 nitrogen and oxygen atoms in total. The second-order valence-electron chi connectivity index (χ2n) is 4.00. The van der Waals surface area contributed by atoms with Gasteiger partial charge in [-0.1, -0.05) is 6.07 Å². The molecule has 2 heterocycles. The number of nitrogens with zero attached hydrogens (tertiary/aromatic N) is 1. The number of thiophene rings is 1. The van der Waals surface area contributed by atoms with E-state index in [0.29, 0.717) is 4.88 Å². The number of carbonyl (C=O) groups is 1. The molecule has 1 aliphatic rings. The molecule has 0 fully saturated rings. The first-order valence-electron chi connectivity index (χ1n) is 5.37. The summed E-state index contributed by atoms with van der Waals surface area (Å²) in [5.74, 6) is -0.221. The second-order valence-corrected chi connectivity index (χ2v) is 4.94. The molecule has 1 aromatic carbocycles. The van der Waals surface area contributed by atoms with Crippen LogP contribution in [0.1, 0.15) is 15.2 Å². The van der Waals surface area contributed by atoms with Crippen LogP contribution in [-0.2, 0) is 6.42 Å². The highest BCUT2D eigenvalue weighted by Gasteiger charge is 2.21. The summed E-state index contributed by atoms with van der Waals surface area (Å²) in [4.78, 5) is 13.4. The maximum Gasteiger partial charge on any atom is 0.160 e. The highest BCUT2D eigenvalue weighted by Crippen LogP contribution is 2.36. The smallest absolute Gasteiger partial charge is 0.160 e. The van der Waals surface area contributed by atoms with Crippen LogP contribution in [0.2, 0.25) is 0 Å². The molecule has 86 valence electrons. The third kappa shape index (κ3) is 1.74. The fourth-order valence-corrected chi connectivity index (χ4v) is 2.86. The highest BCUT2D eigenvalue weighted by atomic mass is 32.1. The molecule has 0 unspecified atom stereocenters. The van der Waals surface area contributed by atoms with Crippen molar-refractivity contribution < 1.29 is 9.18 Å². The van der Waals surface area contributed by atoms with Crippen molar-refractivity contribution in [3.05, 3.63) is 45.9 Å². The van der Waals surface area contributed by atoms with E-state index in [2.05, 4.69) is 4.90 Å². The fourth-order valence-electron chi connectivity index (χ4n) is 2.17. The maximum absolute atomic E-state index is 13.2. The van der Waals surface area contributed by atoms with Gasteiger partial charge in [0.05, 0.1) is 10.6 Å². The van der Waals surface area contributed by atoms with Crippen molar-refractivity contribution in [1.29, 1.82) is 0 Å². The van der Waals surface area contributed by atoms with Gasteiger partial charge >= 0.3 is 0 Å². The van der Waals surface area contributed by atoms with Gasteiger partial charge in [0, 0.05) is 17.6 Å². The van der Waals surface area contributed by atoms with Crippen LogP contribution in [0.5, 0.6) is 0 Å². The highest BCUT2D eigenvalue weighted by molar-refractivity contribution is 7.12. The summed E-state index contributed by atoms with van der Waals surface area (Å²) in [7, 11) is 0. The number of halogens is 1. The van der Waals surface area contributed by atoms with E-state index >= 15 is 0 Å². The van der Waals surface area contributed by atoms with Crippen molar-refractivity contribution in [3.63, 3.8) is 0 Å². The Kier molecular flexibility index (Phi) is 2.44. The topological polar surface area (TPSA) is 20.3 Å². The van der Waals surface area contributed by atoms with Gasteiger partial charge in [0.1, 0.15) is 5.82 Å². The molecule has 0 saturated heterocycles. The van der Waals surface area contributed by atoms with Crippen LogP contribution in [0.15, 0.2) is 29.6 Å². The molecule has 0 amide bonds. The molecule has 0 radical (unpaired) electrons. The van der Waals surface area contributed by atoms with E-state index in [1.54, 1.807) is 6.07 Å². The number of rotatable bonds is 2. The van der Waals surface area contributed by atoms with E-state index in [1.165, 1.54) is 17.4 Å². The van der Waals surface area contributed by atoms with Gasteiger partial charge in [0.2, 0.25) is 0 Å². The number of benzene rings is 1. The SMILES string of the molecule is O=Cc1cc(N2CCc3ccc(F)cc32)cs1. The van der Waals surface area contributed by atoms with Crippen molar-refractivity contribution in [2.24, 2.45) is 0 Å². The Labute approximate surface area is 102 Å². The minimum atomic E-state index is -0.221. The van der Waals surface area contributed by atoms with Crippen LogP contribution in [0, 0.1) is 5.82 Å². The molecule has 17 heavy (non-hydrogen) atoms. The van der Waals surface area contributed by atoms with Gasteiger partial charge < -0.3 is 4.90 Å². The zero-order valence-electron chi connectivity index (χ0n) is 9.02. The number of aldehydes is 1. The first kappa shape index (κ1) is 10.5.